The van der Waals surface area contributed by atoms with Gasteiger partial charge in [0.25, 0.3) is 0 Å². The number of nitrogens with one attached hydrogen (secondary N) is 1. The highest BCUT2D eigenvalue weighted by molar-refractivity contribution is 5.47. The average molecular weight is 333 g/mol. The second kappa shape index (κ2) is 6.24. The van der Waals surface area contributed by atoms with E-state index in [4.69, 9.17) is 0 Å². The smallest absolute Gasteiger partial charge is 0.222 e. The summed E-state index contributed by atoms with van der Waals surface area (Å²) in [7, 11) is 4.12. The van der Waals surface area contributed by atoms with E-state index in [1.54, 1.807) is 6.33 Å². The van der Waals surface area contributed by atoms with E-state index in [9.17, 15) is 0 Å². The van der Waals surface area contributed by atoms with Gasteiger partial charge in [-0.2, -0.15) is 10.1 Å². The fourth-order valence-electron chi connectivity index (χ4n) is 3.41. The zero-order valence-electron chi connectivity index (χ0n) is 14.8. The molecule has 2 atom stereocenters. The third-order valence-corrected chi connectivity index (χ3v) is 4.90. The van der Waals surface area contributed by atoms with E-state index in [0.29, 0.717) is 0 Å². The Balaban J connectivity index is 1.68. The number of hydrogen-bond donors (Lipinski definition) is 1. The number of nitrogens with zero attached hydrogens (tertiary/aromatic N) is 4. The summed E-state index contributed by atoms with van der Waals surface area (Å²) < 4.78 is 2.00. The van der Waals surface area contributed by atoms with E-state index in [1.807, 2.05) is 4.68 Å². The maximum absolute atomic E-state index is 4.45. The molecule has 1 aromatic heterocycles. The third-order valence-electron chi connectivity index (χ3n) is 4.90. The quantitative estimate of drug-likeness (QED) is 0.792. The van der Waals surface area contributed by atoms with Crippen LogP contribution in [0.4, 0.5) is 11.6 Å². The van der Waals surface area contributed by atoms with Crippen LogP contribution in [0.25, 0.3) is 0 Å². The molecule has 0 unspecified atom stereocenters. The van der Waals surface area contributed by atoms with Gasteiger partial charge in [0.2, 0.25) is 5.95 Å². The topological polar surface area (TPSA) is 46.0 Å². The summed E-state index contributed by atoms with van der Waals surface area (Å²) in [6.07, 6.45) is 2.57. The van der Waals surface area contributed by atoms with Crippen LogP contribution in [0.3, 0.4) is 0 Å². The van der Waals surface area contributed by atoms with Crippen LogP contribution in [0.5, 0.6) is 0 Å². The molecule has 5 nitrogen and oxygen atoms in total. The summed E-state index contributed by atoms with van der Waals surface area (Å²) in [5, 5.41) is 7.97. The molecule has 0 fully saturated rings. The van der Waals surface area contributed by atoms with Crippen LogP contribution < -0.4 is 10.2 Å². The molecule has 0 spiro atoms. The molecule has 4 rings (SSSR count). The Morgan fingerprint density at radius 3 is 2.36 bits per heavy atom. The van der Waals surface area contributed by atoms with Crippen molar-refractivity contribution < 1.29 is 0 Å². The van der Waals surface area contributed by atoms with Crippen LogP contribution in [-0.2, 0) is 0 Å². The number of anilines is 2. The van der Waals surface area contributed by atoms with Gasteiger partial charge in [0.05, 0.1) is 12.1 Å². The van der Waals surface area contributed by atoms with E-state index < -0.39 is 0 Å². The van der Waals surface area contributed by atoms with Gasteiger partial charge in [-0.3, -0.25) is 0 Å². The Morgan fingerprint density at radius 2 is 1.68 bits per heavy atom. The molecule has 1 aliphatic rings. The minimum atomic E-state index is 0.182. The maximum Gasteiger partial charge on any atom is 0.222 e. The SMILES string of the molecule is Cc1ccc([C@@H]2C[C@@H](c3ccc(N(C)C)cc3)n3ncnc3N2)cc1. The van der Waals surface area contributed by atoms with E-state index in [0.717, 1.165) is 12.4 Å². The summed E-state index contributed by atoms with van der Waals surface area (Å²) in [5.74, 6) is 0.832. The normalized spacial score (nSPS) is 19.2. The zero-order valence-corrected chi connectivity index (χ0v) is 14.8. The Labute approximate surface area is 148 Å². The van der Waals surface area contributed by atoms with Crippen LogP contribution in [0.2, 0.25) is 0 Å². The Hall–Kier alpha value is -2.82. The van der Waals surface area contributed by atoms with Crippen molar-refractivity contribution in [2.75, 3.05) is 24.3 Å². The van der Waals surface area contributed by atoms with Crippen LogP contribution in [0.15, 0.2) is 54.9 Å². The summed E-state index contributed by atoms with van der Waals surface area (Å²) in [6.45, 7) is 2.11. The zero-order chi connectivity index (χ0) is 17.4. The van der Waals surface area contributed by atoms with Crippen molar-refractivity contribution in [3.8, 4) is 0 Å². The predicted octanol–water partition coefficient (Wildman–Crippen LogP) is 3.80. The molecule has 0 saturated carbocycles. The molecule has 0 bridgehead atoms. The number of aromatic nitrogens is 3. The van der Waals surface area contributed by atoms with Gasteiger partial charge in [-0.05, 0) is 36.6 Å². The lowest BCUT2D eigenvalue weighted by molar-refractivity contribution is 0.431. The standard InChI is InChI=1S/C20H23N5/c1-14-4-6-15(7-5-14)18-12-19(25-20(23-18)21-13-22-25)16-8-10-17(11-9-16)24(2)3/h4-11,13,18-19H,12H2,1-3H3,(H,21,22,23)/t18-,19-/m0/s1. The van der Waals surface area contributed by atoms with Gasteiger partial charge in [-0.25, -0.2) is 4.68 Å². The lowest BCUT2D eigenvalue weighted by atomic mass is 9.93. The van der Waals surface area contributed by atoms with Gasteiger partial charge in [0, 0.05) is 19.8 Å². The van der Waals surface area contributed by atoms with Crippen molar-refractivity contribution in [3.05, 3.63) is 71.5 Å². The predicted molar refractivity (Wildman–Crippen MR) is 101 cm³/mol. The van der Waals surface area contributed by atoms with Crippen LogP contribution >= 0.6 is 0 Å². The number of fused-ring (bicyclic) bond motifs is 1. The fraction of sp³-hybridized carbons (Fsp3) is 0.300. The van der Waals surface area contributed by atoms with Crippen molar-refractivity contribution in [2.45, 2.75) is 25.4 Å². The first-order valence-corrected chi connectivity index (χ1v) is 8.62. The third kappa shape index (κ3) is 2.97. The second-order valence-electron chi connectivity index (χ2n) is 6.87. The number of rotatable bonds is 3. The monoisotopic (exact) mass is 333 g/mol. The van der Waals surface area contributed by atoms with E-state index >= 15 is 0 Å². The molecule has 0 amide bonds. The Kier molecular flexibility index (Phi) is 3.92. The summed E-state index contributed by atoms with van der Waals surface area (Å²) >= 11 is 0. The molecule has 0 saturated heterocycles. The largest absolute Gasteiger partial charge is 0.378 e. The highest BCUT2D eigenvalue weighted by Crippen LogP contribution is 2.37. The summed E-state index contributed by atoms with van der Waals surface area (Å²) in [4.78, 5) is 6.52. The van der Waals surface area contributed by atoms with Gasteiger partial charge >= 0.3 is 0 Å². The van der Waals surface area contributed by atoms with E-state index in [2.05, 4.69) is 89.8 Å². The highest BCUT2D eigenvalue weighted by atomic mass is 15.4. The lowest BCUT2D eigenvalue weighted by Gasteiger charge is -2.32. The molecule has 5 heteroatoms. The van der Waals surface area contributed by atoms with E-state index in [1.165, 1.54) is 22.4 Å². The van der Waals surface area contributed by atoms with Gasteiger partial charge in [-0.1, -0.05) is 42.0 Å². The molecule has 3 aromatic rings. The molecular weight excluding hydrogens is 310 g/mol. The van der Waals surface area contributed by atoms with E-state index in [-0.39, 0.29) is 12.1 Å². The molecule has 1 N–H and O–H groups in total. The van der Waals surface area contributed by atoms with Crippen molar-refractivity contribution in [1.82, 2.24) is 14.8 Å². The lowest BCUT2D eigenvalue weighted by Crippen LogP contribution is -2.28. The number of hydrogen-bond acceptors (Lipinski definition) is 4. The van der Waals surface area contributed by atoms with Crippen LogP contribution in [0, 0.1) is 6.92 Å². The maximum atomic E-state index is 4.45. The van der Waals surface area contributed by atoms with Crippen LogP contribution in [-0.4, -0.2) is 28.9 Å². The molecule has 0 aliphatic carbocycles. The molecule has 0 radical (unpaired) electrons. The van der Waals surface area contributed by atoms with Gasteiger partial charge < -0.3 is 10.2 Å². The molecule has 128 valence electrons. The molecular formula is C20H23N5. The molecule has 1 aliphatic heterocycles. The first-order chi connectivity index (χ1) is 12.1. The Bertz CT molecular complexity index is 849. The highest BCUT2D eigenvalue weighted by Gasteiger charge is 2.29. The first kappa shape index (κ1) is 15.7. The number of aryl methyl sites for hydroxylation is 1. The molecule has 2 heterocycles. The minimum absolute atomic E-state index is 0.182. The first-order valence-electron chi connectivity index (χ1n) is 8.62. The summed E-state index contributed by atoms with van der Waals surface area (Å²) in [6, 6.07) is 17.9. The van der Waals surface area contributed by atoms with Gasteiger partial charge in [0.15, 0.2) is 0 Å². The van der Waals surface area contributed by atoms with Gasteiger partial charge in [-0.15, -0.1) is 0 Å². The van der Waals surface area contributed by atoms with Crippen molar-refractivity contribution in [2.24, 2.45) is 0 Å². The van der Waals surface area contributed by atoms with Crippen molar-refractivity contribution in [3.63, 3.8) is 0 Å². The average Bonchev–Trinajstić information content (AvgIpc) is 3.10. The van der Waals surface area contributed by atoms with Crippen molar-refractivity contribution >= 4 is 11.6 Å². The fourth-order valence-corrected chi connectivity index (χ4v) is 3.41. The second-order valence-corrected chi connectivity index (χ2v) is 6.87. The Morgan fingerprint density at radius 1 is 1.00 bits per heavy atom. The molecule has 25 heavy (non-hydrogen) atoms. The van der Waals surface area contributed by atoms with Gasteiger partial charge in [0.1, 0.15) is 6.33 Å². The summed E-state index contributed by atoms with van der Waals surface area (Å²) in [5.41, 5.74) is 5.02. The minimum Gasteiger partial charge on any atom is -0.378 e. The van der Waals surface area contributed by atoms with Crippen molar-refractivity contribution in [1.29, 1.82) is 0 Å². The number of benzene rings is 2. The molecule has 2 aromatic carbocycles. The van der Waals surface area contributed by atoms with Crippen LogP contribution in [0.1, 0.15) is 35.2 Å².